The number of carbonyl (C=O) groups excluding carboxylic acids is 1. The number of thioether (sulfide) groups is 1. The number of ether oxygens (including phenoxy) is 1. The second kappa shape index (κ2) is 6.44. The van der Waals surface area contributed by atoms with Gasteiger partial charge in [0.2, 0.25) is 0 Å². The van der Waals surface area contributed by atoms with Crippen molar-refractivity contribution in [1.82, 2.24) is 9.78 Å². The van der Waals surface area contributed by atoms with Gasteiger partial charge in [0.1, 0.15) is 17.9 Å². The lowest BCUT2D eigenvalue weighted by Crippen LogP contribution is -3.14. The molecule has 2 atom stereocenters. The highest BCUT2D eigenvalue weighted by atomic mass is 32.2. The molecule has 1 unspecified atom stereocenters. The molecule has 0 saturated carbocycles. The molecule has 1 aromatic rings. The van der Waals surface area contributed by atoms with Crippen molar-refractivity contribution in [3.05, 3.63) is 21.5 Å². The summed E-state index contributed by atoms with van der Waals surface area (Å²) in [6, 6.07) is 0. The van der Waals surface area contributed by atoms with Gasteiger partial charge in [0.15, 0.2) is 11.9 Å². The van der Waals surface area contributed by atoms with Gasteiger partial charge in [-0.25, -0.2) is 4.68 Å². The summed E-state index contributed by atoms with van der Waals surface area (Å²) in [6.07, 6.45) is 0. The molecule has 1 N–H and O–H groups in total. The molecule has 0 bridgehead atoms. The van der Waals surface area contributed by atoms with Crippen LogP contribution in [0.25, 0.3) is 0 Å². The van der Waals surface area contributed by atoms with Crippen molar-refractivity contribution in [3.8, 4) is 0 Å². The normalized spacial score (nSPS) is 22.0. The van der Waals surface area contributed by atoms with Crippen LogP contribution in [0.1, 0.15) is 11.4 Å². The van der Waals surface area contributed by atoms with Gasteiger partial charge in [-0.05, 0) is 13.8 Å². The van der Waals surface area contributed by atoms with Gasteiger partial charge in [-0.15, -0.1) is 11.8 Å². The molecule has 116 valence electrons. The van der Waals surface area contributed by atoms with Crippen LogP contribution < -0.4 is 4.90 Å². The smallest absolute Gasteiger partial charge is 0.324 e. The minimum Gasteiger partial charge on any atom is -0.468 e. The lowest BCUT2D eigenvalue weighted by Gasteiger charge is -2.28. The topological polar surface area (TPSA) is 91.7 Å². The number of carbonyl (C=O) groups is 1. The zero-order chi connectivity index (χ0) is 15.6. The van der Waals surface area contributed by atoms with Crippen molar-refractivity contribution in [2.75, 3.05) is 26.0 Å². The Morgan fingerprint density at radius 1 is 1.62 bits per heavy atom. The van der Waals surface area contributed by atoms with Gasteiger partial charge in [-0.2, -0.15) is 5.10 Å². The second-order valence-corrected chi connectivity index (χ2v) is 6.33. The van der Waals surface area contributed by atoms with E-state index in [2.05, 4.69) is 5.10 Å². The minimum absolute atomic E-state index is 0.0744. The van der Waals surface area contributed by atoms with E-state index in [1.54, 1.807) is 30.3 Å². The Balaban J connectivity index is 2.10. The molecule has 21 heavy (non-hydrogen) atoms. The Hall–Kier alpha value is -1.61. The number of nitrogens with one attached hydrogen (secondary N) is 1. The van der Waals surface area contributed by atoms with Crippen LogP contribution in [-0.4, -0.2) is 51.9 Å². The van der Waals surface area contributed by atoms with E-state index in [0.29, 0.717) is 24.6 Å². The Labute approximate surface area is 126 Å². The zero-order valence-electron chi connectivity index (χ0n) is 12.3. The van der Waals surface area contributed by atoms with Gasteiger partial charge >= 0.3 is 11.7 Å². The van der Waals surface area contributed by atoms with Crippen LogP contribution in [-0.2, 0) is 16.2 Å². The van der Waals surface area contributed by atoms with Crippen LogP contribution in [0.5, 0.6) is 0 Å². The van der Waals surface area contributed by atoms with Crippen molar-refractivity contribution in [1.29, 1.82) is 0 Å². The van der Waals surface area contributed by atoms with Crippen molar-refractivity contribution in [2.45, 2.75) is 25.8 Å². The van der Waals surface area contributed by atoms with E-state index in [9.17, 15) is 14.9 Å². The molecule has 1 fully saturated rings. The largest absolute Gasteiger partial charge is 0.468 e. The number of aromatic nitrogens is 2. The van der Waals surface area contributed by atoms with Crippen molar-refractivity contribution < 1.29 is 19.4 Å². The van der Waals surface area contributed by atoms with E-state index in [1.807, 2.05) is 0 Å². The number of hydrogen-bond acceptors (Lipinski definition) is 6. The van der Waals surface area contributed by atoms with E-state index < -0.39 is 4.92 Å². The number of hydrogen-bond donors (Lipinski definition) is 1. The predicted molar refractivity (Wildman–Crippen MR) is 77.3 cm³/mol. The van der Waals surface area contributed by atoms with E-state index in [1.165, 1.54) is 12.0 Å². The summed E-state index contributed by atoms with van der Waals surface area (Å²) in [5.41, 5.74) is 1.05. The SMILES string of the molecule is COC(=O)[C@@H]1C[NH+](Cn2nc(C)c([N+](=O)[O-])c2C)CCS1. The molecule has 9 heteroatoms. The molecule has 1 aromatic heterocycles. The summed E-state index contributed by atoms with van der Waals surface area (Å²) < 4.78 is 6.44. The fourth-order valence-corrected chi connectivity index (χ4v) is 3.79. The standard InChI is InChI=1S/C12H18N4O4S/c1-8-11(16(18)19)9(2)15(13-8)7-14-4-5-21-10(6-14)12(17)20-3/h10H,4-7H2,1-3H3/p+1/t10-/m0/s1. The fraction of sp³-hybridized carbons (Fsp3) is 0.667. The molecular weight excluding hydrogens is 296 g/mol. The first-order valence-corrected chi connectivity index (χ1v) is 7.70. The number of aryl methyl sites for hydroxylation is 1. The van der Waals surface area contributed by atoms with E-state index in [4.69, 9.17) is 4.74 Å². The number of nitrogens with zero attached hydrogens (tertiary/aromatic N) is 3. The molecule has 8 nitrogen and oxygen atoms in total. The Bertz CT molecular complexity index is 560. The summed E-state index contributed by atoms with van der Waals surface area (Å²) in [5.74, 6) is 0.646. The number of methoxy groups -OCH3 is 1. The molecule has 1 aliphatic rings. The molecule has 1 aliphatic heterocycles. The Kier molecular flexibility index (Phi) is 4.84. The second-order valence-electron chi connectivity index (χ2n) is 5.02. The van der Waals surface area contributed by atoms with Crippen molar-refractivity contribution >= 4 is 23.4 Å². The summed E-state index contributed by atoms with van der Waals surface area (Å²) >= 11 is 1.59. The summed E-state index contributed by atoms with van der Waals surface area (Å²) in [4.78, 5) is 23.4. The summed E-state index contributed by atoms with van der Waals surface area (Å²) in [5, 5.41) is 15.1. The maximum atomic E-state index is 11.6. The van der Waals surface area contributed by atoms with E-state index >= 15 is 0 Å². The molecule has 2 rings (SSSR count). The summed E-state index contributed by atoms with van der Waals surface area (Å²) in [6.45, 7) is 5.40. The average molecular weight is 315 g/mol. The molecule has 1 saturated heterocycles. The van der Waals surface area contributed by atoms with Crippen LogP contribution in [0.4, 0.5) is 5.69 Å². The number of rotatable bonds is 4. The third-order valence-electron chi connectivity index (χ3n) is 3.61. The zero-order valence-corrected chi connectivity index (χ0v) is 13.1. The number of quaternary nitrogens is 1. The first-order chi connectivity index (χ1) is 9.93. The Morgan fingerprint density at radius 2 is 2.33 bits per heavy atom. The van der Waals surface area contributed by atoms with E-state index in [0.717, 1.165) is 12.3 Å². The average Bonchev–Trinajstić information content (AvgIpc) is 2.72. The molecule has 0 aromatic carbocycles. The van der Waals surface area contributed by atoms with Gasteiger partial charge in [-0.3, -0.25) is 14.9 Å². The van der Waals surface area contributed by atoms with Gasteiger partial charge < -0.3 is 9.64 Å². The maximum absolute atomic E-state index is 11.6. The monoisotopic (exact) mass is 315 g/mol. The van der Waals surface area contributed by atoms with E-state index in [-0.39, 0.29) is 16.9 Å². The molecule has 0 amide bonds. The number of esters is 1. The lowest BCUT2D eigenvalue weighted by molar-refractivity contribution is -0.921. The molecule has 0 aliphatic carbocycles. The third-order valence-corrected chi connectivity index (χ3v) is 4.81. The first-order valence-electron chi connectivity index (χ1n) is 6.65. The van der Waals surface area contributed by atoms with Gasteiger partial charge in [-0.1, -0.05) is 0 Å². The molecule has 0 spiro atoms. The van der Waals surface area contributed by atoms with Gasteiger partial charge in [0.25, 0.3) is 0 Å². The molecule has 2 heterocycles. The van der Waals surface area contributed by atoms with Crippen LogP contribution in [0.15, 0.2) is 0 Å². The lowest BCUT2D eigenvalue weighted by atomic mass is 10.3. The highest BCUT2D eigenvalue weighted by Crippen LogP contribution is 2.21. The number of nitro groups is 1. The predicted octanol–water partition coefficient (Wildman–Crippen LogP) is -0.461. The van der Waals surface area contributed by atoms with Crippen LogP contribution in [0.2, 0.25) is 0 Å². The highest BCUT2D eigenvalue weighted by molar-refractivity contribution is 8.00. The molecule has 0 radical (unpaired) electrons. The Morgan fingerprint density at radius 3 is 2.90 bits per heavy atom. The first kappa shape index (κ1) is 15.8. The maximum Gasteiger partial charge on any atom is 0.324 e. The van der Waals surface area contributed by atoms with Crippen LogP contribution >= 0.6 is 11.8 Å². The fourth-order valence-electron chi connectivity index (χ4n) is 2.51. The molecular formula is C12H19N4O4S+. The third kappa shape index (κ3) is 3.35. The summed E-state index contributed by atoms with van der Waals surface area (Å²) in [7, 11) is 1.39. The van der Waals surface area contributed by atoms with Crippen molar-refractivity contribution in [2.24, 2.45) is 0 Å². The van der Waals surface area contributed by atoms with Crippen LogP contribution in [0.3, 0.4) is 0 Å². The quantitative estimate of drug-likeness (QED) is 0.459. The highest BCUT2D eigenvalue weighted by Gasteiger charge is 2.31. The van der Waals surface area contributed by atoms with Crippen molar-refractivity contribution in [3.63, 3.8) is 0 Å². The van der Waals surface area contributed by atoms with Crippen LogP contribution in [0, 0.1) is 24.0 Å². The minimum atomic E-state index is -0.396. The van der Waals surface area contributed by atoms with Gasteiger partial charge in [0.05, 0.1) is 18.6 Å². The van der Waals surface area contributed by atoms with Gasteiger partial charge in [0, 0.05) is 5.75 Å².